The highest BCUT2D eigenvalue weighted by Gasteiger charge is 2.45. The van der Waals surface area contributed by atoms with Crippen LogP contribution in [0.5, 0.6) is 0 Å². The van der Waals surface area contributed by atoms with Gasteiger partial charge in [0.1, 0.15) is 6.26 Å². The fraction of sp³-hybridized carbons (Fsp3) is 0.560. The van der Waals surface area contributed by atoms with Gasteiger partial charge in [0.15, 0.2) is 0 Å². The zero-order chi connectivity index (χ0) is 19.7. The number of nitrogens with one attached hydrogen (secondary N) is 1. The third-order valence-electron chi connectivity index (χ3n) is 7.65. The van der Waals surface area contributed by atoms with Crippen molar-refractivity contribution in [3.8, 4) is 0 Å². The quantitative estimate of drug-likeness (QED) is 0.764. The predicted octanol–water partition coefficient (Wildman–Crippen LogP) is 5.31. The molecule has 0 radical (unpaired) electrons. The summed E-state index contributed by atoms with van der Waals surface area (Å²) in [7, 11) is 0. The second-order valence-corrected chi connectivity index (χ2v) is 9.41. The van der Waals surface area contributed by atoms with Crippen LogP contribution >= 0.6 is 0 Å². The fourth-order valence-corrected chi connectivity index (χ4v) is 6.03. The van der Waals surface area contributed by atoms with Gasteiger partial charge in [0.2, 0.25) is 0 Å². The van der Waals surface area contributed by atoms with E-state index in [2.05, 4.69) is 34.5 Å². The van der Waals surface area contributed by atoms with Crippen molar-refractivity contribution in [3.05, 3.63) is 59.5 Å². The van der Waals surface area contributed by atoms with E-state index in [-0.39, 0.29) is 18.8 Å². The number of amides is 1. The average Bonchev–Trinajstić information content (AvgIpc) is 3.39. The molecule has 2 aliphatic carbocycles. The summed E-state index contributed by atoms with van der Waals surface area (Å²) >= 11 is 0. The average molecular weight is 395 g/mol. The van der Waals surface area contributed by atoms with Crippen LogP contribution in [0.4, 0.5) is 0 Å². The Morgan fingerprint density at radius 1 is 1.14 bits per heavy atom. The van der Waals surface area contributed by atoms with Crippen molar-refractivity contribution in [2.45, 2.75) is 62.8 Å². The highest BCUT2D eigenvalue weighted by atomic mass is 16.3. The maximum atomic E-state index is 12.6. The van der Waals surface area contributed by atoms with Crippen LogP contribution in [0.3, 0.4) is 0 Å². The van der Waals surface area contributed by atoms with Crippen LogP contribution in [0.15, 0.2) is 47.3 Å². The van der Waals surface area contributed by atoms with Crippen LogP contribution in [0.25, 0.3) is 0 Å². The minimum Gasteiger partial charge on any atom is -0.472 e. The van der Waals surface area contributed by atoms with Gasteiger partial charge in [-0.2, -0.15) is 0 Å². The zero-order valence-electron chi connectivity index (χ0n) is 17.2. The molecule has 3 aliphatic rings. The fourth-order valence-electron chi connectivity index (χ4n) is 6.03. The highest BCUT2D eigenvalue weighted by molar-refractivity contribution is 5.94. The topological polar surface area (TPSA) is 45.5 Å². The van der Waals surface area contributed by atoms with Crippen LogP contribution < -0.4 is 5.32 Å². The third kappa shape index (κ3) is 3.75. The van der Waals surface area contributed by atoms with Crippen molar-refractivity contribution in [1.29, 1.82) is 0 Å². The summed E-state index contributed by atoms with van der Waals surface area (Å²) in [5, 5.41) is 3.27. The largest absolute Gasteiger partial charge is 0.472 e. The minimum absolute atomic E-state index is 0. The Kier molecular flexibility index (Phi) is 5.21. The van der Waals surface area contributed by atoms with Crippen molar-refractivity contribution >= 4 is 5.91 Å². The summed E-state index contributed by atoms with van der Waals surface area (Å²) in [6.45, 7) is 3.67. The first-order valence-corrected chi connectivity index (χ1v) is 11.4. The lowest BCUT2D eigenvalue weighted by Gasteiger charge is -2.42. The maximum absolute atomic E-state index is 12.6. The Labute approximate surface area is 175 Å². The van der Waals surface area contributed by atoms with Gasteiger partial charge >= 0.3 is 0 Å². The Morgan fingerprint density at radius 2 is 1.93 bits per heavy atom. The predicted molar refractivity (Wildman–Crippen MR) is 116 cm³/mol. The number of nitrogens with zero attached hydrogens (tertiary/aromatic N) is 1. The van der Waals surface area contributed by atoms with E-state index in [0.29, 0.717) is 5.56 Å². The first kappa shape index (κ1) is 18.9. The van der Waals surface area contributed by atoms with Crippen LogP contribution in [0.1, 0.15) is 80.3 Å². The molecule has 2 aromatic rings. The van der Waals surface area contributed by atoms with Gasteiger partial charge in [-0.25, -0.2) is 0 Å². The number of carbonyl (C=O) groups is 1. The van der Waals surface area contributed by atoms with Gasteiger partial charge in [0, 0.05) is 13.4 Å². The lowest BCUT2D eigenvalue weighted by Crippen LogP contribution is -2.44. The van der Waals surface area contributed by atoms with Gasteiger partial charge < -0.3 is 14.6 Å². The molecule has 156 valence electrons. The molecule has 1 amide bonds. The molecule has 2 heterocycles. The highest BCUT2D eigenvalue weighted by Crippen LogP contribution is 2.50. The maximum Gasteiger partial charge on any atom is 0.255 e. The van der Waals surface area contributed by atoms with Gasteiger partial charge in [-0.3, -0.25) is 4.79 Å². The van der Waals surface area contributed by atoms with Gasteiger partial charge in [0.05, 0.1) is 17.9 Å². The first-order chi connectivity index (χ1) is 14.2. The lowest BCUT2D eigenvalue weighted by atomic mass is 9.73. The molecular formula is C25H34N2O2. The van der Waals surface area contributed by atoms with Gasteiger partial charge in [-0.05, 0) is 68.3 Å². The summed E-state index contributed by atoms with van der Waals surface area (Å²) in [5.74, 6) is 0.876. The molecule has 1 aromatic heterocycles. The number of likely N-dealkylation sites (tertiary alicyclic amines) is 1. The molecule has 1 atom stereocenters. The van der Waals surface area contributed by atoms with Crippen LogP contribution in [0.2, 0.25) is 0 Å². The Hall–Kier alpha value is -2.07. The van der Waals surface area contributed by atoms with Crippen molar-refractivity contribution < 1.29 is 10.6 Å². The van der Waals surface area contributed by atoms with Crippen molar-refractivity contribution in [1.82, 2.24) is 10.2 Å². The van der Waals surface area contributed by atoms with E-state index in [9.17, 15) is 4.79 Å². The molecule has 4 heteroatoms. The van der Waals surface area contributed by atoms with E-state index in [0.717, 1.165) is 12.3 Å². The van der Waals surface area contributed by atoms with E-state index in [1.54, 1.807) is 12.3 Å². The monoisotopic (exact) mass is 394 g/mol. The second-order valence-electron chi connectivity index (χ2n) is 9.41. The number of carbonyl (C=O) groups excluding carboxylic acids is 1. The van der Waals surface area contributed by atoms with Gasteiger partial charge in [0.25, 0.3) is 5.91 Å². The van der Waals surface area contributed by atoms with Crippen molar-refractivity contribution in [3.63, 3.8) is 0 Å². The normalized spacial score (nSPS) is 24.5. The molecule has 1 saturated heterocycles. The van der Waals surface area contributed by atoms with E-state index < -0.39 is 0 Å². The van der Waals surface area contributed by atoms with Crippen LogP contribution in [-0.4, -0.2) is 30.4 Å². The molecule has 1 saturated carbocycles. The smallest absolute Gasteiger partial charge is 0.255 e. The Bertz CT molecular complexity index is 837. The number of piperidine rings is 1. The van der Waals surface area contributed by atoms with Crippen LogP contribution in [0, 0.1) is 5.92 Å². The molecule has 4 nitrogen and oxygen atoms in total. The lowest BCUT2D eigenvalue weighted by molar-refractivity contribution is 0.0919. The molecule has 1 aliphatic heterocycles. The summed E-state index contributed by atoms with van der Waals surface area (Å²) in [6.07, 6.45) is 13.6. The standard InChI is InChI=1S/C25H32N2O2.H2/c28-24(20-10-15-29-18-20)26-23-16-25(22-9-5-4-8-21(22)23)11-13-27(14-12-25)17-19-6-2-1-3-7-19;/h4-5,8-10,15,18-19,23H,1-3,6-7,11-14,16-17H2,(H,26,28);1H/t23-;/m0./s1. The number of rotatable bonds is 4. The van der Waals surface area contributed by atoms with E-state index in [1.807, 2.05) is 0 Å². The van der Waals surface area contributed by atoms with Gasteiger partial charge in [-0.1, -0.05) is 43.5 Å². The molecule has 1 spiro atoms. The molecular weight excluding hydrogens is 360 g/mol. The number of hydrogen-bond donors (Lipinski definition) is 1. The number of furan rings is 1. The third-order valence-corrected chi connectivity index (χ3v) is 7.65. The van der Waals surface area contributed by atoms with E-state index in [4.69, 9.17) is 4.42 Å². The molecule has 2 fully saturated rings. The number of fused-ring (bicyclic) bond motifs is 2. The molecule has 0 bridgehead atoms. The number of benzene rings is 1. The zero-order valence-corrected chi connectivity index (χ0v) is 17.2. The molecule has 1 aromatic carbocycles. The Balaban J connectivity index is 0.00000218. The molecule has 1 N–H and O–H groups in total. The Morgan fingerprint density at radius 3 is 2.69 bits per heavy atom. The first-order valence-electron chi connectivity index (χ1n) is 11.4. The summed E-state index contributed by atoms with van der Waals surface area (Å²) in [4.78, 5) is 15.3. The van der Waals surface area contributed by atoms with Gasteiger partial charge in [-0.15, -0.1) is 0 Å². The molecule has 5 rings (SSSR count). The SMILES string of the molecule is O=C(N[C@H]1CC2(CCN(CC3CCCCC3)CC2)c2ccccc21)c1ccoc1.[HH]. The summed E-state index contributed by atoms with van der Waals surface area (Å²) in [6, 6.07) is 10.6. The minimum atomic E-state index is -0.0367. The number of hydrogen-bond acceptors (Lipinski definition) is 3. The summed E-state index contributed by atoms with van der Waals surface area (Å²) in [5.41, 5.74) is 3.60. The molecule has 29 heavy (non-hydrogen) atoms. The second kappa shape index (κ2) is 7.98. The molecule has 0 unspecified atom stereocenters. The van der Waals surface area contributed by atoms with E-state index >= 15 is 0 Å². The summed E-state index contributed by atoms with van der Waals surface area (Å²) < 4.78 is 5.09. The van der Waals surface area contributed by atoms with Crippen LogP contribution in [-0.2, 0) is 5.41 Å². The van der Waals surface area contributed by atoms with Crippen molar-refractivity contribution in [2.75, 3.05) is 19.6 Å². The van der Waals surface area contributed by atoms with E-state index in [1.165, 1.54) is 82.0 Å². The van der Waals surface area contributed by atoms with Crippen molar-refractivity contribution in [2.24, 2.45) is 5.92 Å².